The summed E-state index contributed by atoms with van der Waals surface area (Å²) in [4.78, 5) is 9.71. The number of piperazine rings is 1. The lowest BCUT2D eigenvalue weighted by Crippen LogP contribution is -2.49. The van der Waals surface area contributed by atoms with Crippen LogP contribution < -0.4 is 0 Å². The van der Waals surface area contributed by atoms with Gasteiger partial charge in [-0.2, -0.15) is 0 Å². The zero-order chi connectivity index (χ0) is 13.5. The van der Waals surface area contributed by atoms with E-state index >= 15 is 0 Å². The summed E-state index contributed by atoms with van der Waals surface area (Å²) in [5.74, 6) is 0. The fourth-order valence-electron chi connectivity index (χ4n) is 2.67. The molecule has 4 heteroatoms. The molecule has 0 aromatic heterocycles. The standard InChI is InChI=1S/C15H27N3O/c1-3-14-4-5-15(16-12-14)13-18-8-6-17(7-9-18)10-11-19-2/h4,12,15H,3,5-11,13H2,1-2H3. The Bertz CT molecular complexity index is 319. The van der Waals surface area contributed by atoms with E-state index in [1.807, 2.05) is 0 Å². The highest BCUT2D eigenvalue weighted by atomic mass is 16.5. The molecule has 0 N–H and O–H groups in total. The molecule has 0 radical (unpaired) electrons. The molecule has 1 atom stereocenters. The van der Waals surface area contributed by atoms with Crippen molar-refractivity contribution in [2.45, 2.75) is 25.8 Å². The molecule has 4 nitrogen and oxygen atoms in total. The monoisotopic (exact) mass is 265 g/mol. The maximum absolute atomic E-state index is 5.13. The van der Waals surface area contributed by atoms with Crippen molar-refractivity contribution in [1.29, 1.82) is 0 Å². The van der Waals surface area contributed by atoms with Gasteiger partial charge in [-0.3, -0.25) is 14.8 Å². The number of hydrogen-bond acceptors (Lipinski definition) is 4. The van der Waals surface area contributed by atoms with E-state index in [9.17, 15) is 0 Å². The quantitative estimate of drug-likeness (QED) is 0.727. The van der Waals surface area contributed by atoms with Gasteiger partial charge in [0, 0.05) is 52.6 Å². The van der Waals surface area contributed by atoms with Gasteiger partial charge in [0.15, 0.2) is 0 Å². The number of allylic oxidation sites excluding steroid dienone is 1. The molecule has 1 saturated heterocycles. The van der Waals surface area contributed by atoms with Crippen LogP contribution in [0.15, 0.2) is 16.6 Å². The average molecular weight is 265 g/mol. The van der Waals surface area contributed by atoms with Crippen LogP contribution in [0.25, 0.3) is 0 Å². The van der Waals surface area contributed by atoms with Gasteiger partial charge >= 0.3 is 0 Å². The van der Waals surface area contributed by atoms with Gasteiger partial charge in [0.25, 0.3) is 0 Å². The number of ether oxygens (including phenoxy) is 1. The summed E-state index contributed by atoms with van der Waals surface area (Å²) in [5, 5.41) is 0. The Kier molecular flexibility index (Phi) is 6.01. The molecule has 0 amide bonds. The molecule has 2 rings (SSSR count). The van der Waals surface area contributed by atoms with E-state index in [0.717, 1.165) is 45.6 Å². The van der Waals surface area contributed by atoms with Crippen molar-refractivity contribution in [2.75, 3.05) is 53.0 Å². The normalized spacial score (nSPS) is 25.6. The molecule has 0 aliphatic carbocycles. The van der Waals surface area contributed by atoms with E-state index in [4.69, 9.17) is 4.74 Å². The third-order valence-corrected chi connectivity index (χ3v) is 4.06. The molecule has 0 bridgehead atoms. The first-order valence-corrected chi connectivity index (χ1v) is 7.47. The molecule has 2 aliphatic rings. The summed E-state index contributed by atoms with van der Waals surface area (Å²) in [5.41, 5.74) is 1.39. The molecule has 0 saturated carbocycles. The first-order valence-electron chi connectivity index (χ1n) is 7.47. The molecule has 0 aromatic carbocycles. The number of aliphatic imine (C=N–C) groups is 1. The molecular weight excluding hydrogens is 238 g/mol. The highest BCUT2D eigenvalue weighted by Crippen LogP contribution is 2.13. The van der Waals surface area contributed by atoms with Gasteiger partial charge in [-0.15, -0.1) is 0 Å². The van der Waals surface area contributed by atoms with Gasteiger partial charge < -0.3 is 4.74 Å². The molecular formula is C15H27N3O. The Morgan fingerprint density at radius 2 is 2.00 bits per heavy atom. The Labute approximate surface area is 117 Å². The van der Waals surface area contributed by atoms with Gasteiger partial charge in [-0.05, 0) is 18.4 Å². The van der Waals surface area contributed by atoms with Crippen molar-refractivity contribution >= 4 is 6.21 Å². The van der Waals surface area contributed by atoms with Crippen LogP contribution in [-0.4, -0.2) is 75.0 Å². The zero-order valence-electron chi connectivity index (χ0n) is 12.3. The second-order valence-corrected chi connectivity index (χ2v) is 5.44. The summed E-state index contributed by atoms with van der Waals surface area (Å²) in [6.07, 6.45) is 6.65. The molecule has 19 heavy (non-hydrogen) atoms. The van der Waals surface area contributed by atoms with Gasteiger partial charge in [0.05, 0.1) is 12.6 Å². The highest BCUT2D eigenvalue weighted by Gasteiger charge is 2.19. The molecule has 2 heterocycles. The number of methoxy groups -OCH3 is 1. The van der Waals surface area contributed by atoms with Crippen LogP contribution in [0.2, 0.25) is 0 Å². The lowest BCUT2D eigenvalue weighted by molar-refractivity contribution is 0.0944. The number of hydrogen-bond donors (Lipinski definition) is 0. The predicted molar refractivity (Wildman–Crippen MR) is 80.0 cm³/mol. The molecule has 108 valence electrons. The summed E-state index contributed by atoms with van der Waals surface area (Å²) >= 11 is 0. The minimum absolute atomic E-state index is 0.473. The predicted octanol–water partition coefficient (Wildman–Crippen LogP) is 1.43. The third kappa shape index (κ3) is 4.71. The fourth-order valence-corrected chi connectivity index (χ4v) is 2.67. The fraction of sp³-hybridized carbons (Fsp3) is 0.800. The van der Waals surface area contributed by atoms with E-state index in [1.54, 1.807) is 7.11 Å². The second kappa shape index (κ2) is 7.78. The van der Waals surface area contributed by atoms with E-state index in [2.05, 4.69) is 34.0 Å². The van der Waals surface area contributed by atoms with Crippen LogP contribution in [0.5, 0.6) is 0 Å². The van der Waals surface area contributed by atoms with Gasteiger partial charge in [0.2, 0.25) is 0 Å². The largest absolute Gasteiger partial charge is 0.383 e. The van der Waals surface area contributed by atoms with Crippen LogP contribution in [0, 0.1) is 0 Å². The Balaban J connectivity index is 1.66. The van der Waals surface area contributed by atoms with Crippen LogP contribution in [0.4, 0.5) is 0 Å². The zero-order valence-corrected chi connectivity index (χ0v) is 12.3. The van der Waals surface area contributed by atoms with Crippen LogP contribution in [0.3, 0.4) is 0 Å². The van der Waals surface area contributed by atoms with Crippen molar-refractivity contribution in [2.24, 2.45) is 4.99 Å². The summed E-state index contributed by atoms with van der Waals surface area (Å²) in [6, 6.07) is 0.473. The van der Waals surface area contributed by atoms with Crippen LogP contribution >= 0.6 is 0 Å². The lowest BCUT2D eigenvalue weighted by atomic mass is 10.1. The van der Waals surface area contributed by atoms with Crippen molar-refractivity contribution in [1.82, 2.24) is 9.80 Å². The summed E-state index contributed by atoms with van der Waals surface area (Å²) < 4.78 is 5.13. The van der Waals surface area contributed by atoms with Crippen molar-refractivity contribution in [3.63, 3.8) is 0 Å². The van der Waals surface area contributed by atoms with Crippen LogP contribution in [-0.2, 0) is 4.74 Å². The lowest BCUT2D eigenvalue weighted by Gasteiger charge is -2.35. The van der Waals surface area contributed by atoms with Crippen molar-refractivity contribution in [3.05, 3.63) is 11.6 Å². The van der Waals surface area contributed by atoms with Crippen molar-refractivity contribution in [3.8, 4) is 0 Å². The highest BCUT2D eigenvalue weighted by molar-refractivity contribution is 5.79. The number of nitrogens with zero attached hydrogens (tertiary/aromatic N) is 3. The Morgan fingerprint density at radius 1 is 1.26 bits per heavy atom. The van der Waals surface area contributed by atoms with E-state index in [0.29, 0.717) is 6.04 Å². The molecule has 2 aliphatic heterocycles. The summed E-state index contributed by atoms with van der Waals surface area (Å²) in [7, 11) is 1.77. The molecule has 0 spiro atoms. The smallest absolute Gasteiger partial charge is 0.0661 e. The molecule has 1 fully saturated rings. The maximum Gasteiger partial charge on any atom is 0.0661 e. The van der Waals surface area contributed by atoms with E-state index < -0.39 is 0 Å². The SMILES string of the molecule is CCC1=CCC(CN2CCN(CCOC)CC2)N=C1. The maximum atomic E-state index is 5.13. The van der Waals surface area contributed by atoms with Gasteiger partial charge in [0.1, 0.15) is 0 Å². The summed E-state index contributed by atoms with van der Waals surface area (Å²) in [6.45, 7) is 9.87. The van der Waals surface area contributed by atoms with Gasteiger partial charge in [-0.25, -0.2) is 0 Å². The first kappa shape index (κ1) is 14.7. The molecule has 1 unspecified atom stereocenters. The van der Waals surface area contributed by atoms with E-state index in [1.165, 1.54) is 18.7 Å². The second-order valence-electron chi connectivity index (χ2n) is 5.44. The van der Waals surface area contributed by atoms with E-state index in [-0.39, 0.29) is 0 Å². The minimum Gasteiger partial charge on any atom is -0.383 e. The van der Waals surface area contributed by atoms with Crippen LogP contribution in [0.1, 0.15) is 19.8 Å². The van der Waals surface area contributed by atoms with Crippen molar-refractivity contribution < 1.29 is 4.74 Å². The molecule has 0 aromatic rings. The average Bonchev–Trinajstić information content (AvgIpc) is 2.47. The number of rotatable bonds is 6. The first-order chi connectivity index (χ1) is 9.31. The Hall–Kier alpha value is -0.710. The number of dihydropyridines is 1. The Morgan fingerprint density at radius 3 is 2.58 bits per heavy atom. The van der Waals surface area contributed by atoms with Gasteiger partial charge in [-0.1, -0.05) is 13.0 Å². The minimum atomic E-state index is 0.473. The topological polar surface area (TPSA) is 28.1 Å². The third-order valence-electron chi connectivity index (χ3n) is 4.06.